The molecular formula is C15H19N3O. The Labute approximate surface area is 113 Å². The molecule has 2 aromatic rings. The fraction of sp³-hybridized carbons (Fsp3) is 0.333. The first-order valence-electron chi connectivity index (χ1n) is 6.41. The van der Waals surface area contributed by atoms with E-state index >= 15 is 0 Å². The van der Waals surface area contributed by atoms with E-state index in [0.29, 0.717) is 6.54 Å². The zero-order valence-corrected chi connectivity index (χ0v) is 11.6. The summed E-state index contributed by atoms with van der Waals surface area (Å²) in [6.07, 6.45) is 1.82. The second kappa shape index (κ2) is 5.69. The summed E-state index contributed by atoms with van der Waals surface area (Å²) < 4.78 is 0. The number of hydrogen-bond acceptors (Lipinski definition) is 2. The Morgan fingerprint density at radius 1 is 1.37 bits per heavy atom. The molecule has 0 atom stereocenters. The number of rotatable bonds is 3. The lowest BCUT2D eigenvalue weighted by molar-refractivity contribution is 0.204. The van der Waals surface area contributed by atoms with Gasteiger partial charge < -0.3 is 10.2 Å². The predicted molar refractivity (Wildman–Crippen MR) is 76.9 cm³/mol. The largest absolute Gasteiger partial charge is 0.336 e. The Kier molecular flexibility index (Phi) is 4.00. The molecule has 0 saturated carbocycles. The van der Waals surface area contributed by atoms with Gasteiger partial charge in [-0.15, -0.1) is 0 Å². The monoisotopic (exact) mass is 257 g/mol. The molecule has 1 heterocycles. The fourth-order valence-electron chi connectivity index (χ4n) is 1.91. The van der Waals surface area contributed by atoms with E-state index in [4.69, 9.17) is 0 Å². The molecule has 0 fully saturated rings. The van der Waals surface area contributed by atoms with Crippen LogP contribution in [0.4, 0.5) is 4.79 Å². The number of nitrogens with zero attached hydrogens (tertiary/aromatic N) is 2. The van der Waals surface area contributed by atoms with Crippen LogP contribution < -0.4 is 5.32 Å². The predicted octanol–water partition coefficient (Wildman–Crippen LogP) is 2.78. The van der Waals surface area contributed by atoms with E-state index in [1.54, 1.807) is 11.9 Å². The summed E-state index contributed by atoms with van der Waals surface area (Å²) in [7, 11) is 1.78. The van der Waals surface area contributed by atoms with Crippen molar-refractivity contribution in [2.45, 2.75) is 26.4 Å². The summed E-state index contributed by atoms with van der Waals surface area (Å²) in [6, 6.07) is 10.1. The van der Waals surface area contributed by atoms with Crippen molar-refractivity contribution < 1.29 is 4.79 Å². The highest BCUT2D eigenvalue weighted by atomic mass is 16.2. The zero-order valence-electron chi connectivity index (χ0n) is 11.6. The second-order valence-corrected chi connectivity index (χ2v) is 5.00. The van der Waals surface area contributed by atoms with Crippen LogP contribution in [0.3, 0.4) is 0 Å². The molecule has 1 aromatic heterocycles. The van der Waals surface area contributed by atoms with Gasteiger partial charge in [-0.05, 0) is 31.5 Å². The van der Waals surface area contributed by atoms with Crippen molar-refractivity contribution in [3.05, 3.63) is 42.1 Å². The van der Waals surface area contributed by atoms with Gasteiger partial charge in [-0.3, -0.25) is 4.98 Å². The molecule has 0 bridgehead atoms. The molecule has 4 heteroatoms. The first-order chi connectivity index (χ1) is 9.06. The molecular weight excluding hydrogens is 238 g/mol. The van der Waals surface area contributed by atoms with Gasteiger partial charge in [0, 0.05) is 31.2 Å². The Morgan fingerprint density at radius 2 is 2.11 bits per heavy atom. The van der Waals surface area contributed by atoms with Gasteiger partial charge in [0.1, 0.15) is 0 Å². The standard InChI is InChI=1S/C15H19N3O/c1-11(2)17-15(19)18(3)10-12-8-13-6-4-5-7-14(13)16-9-12/h4-9,11H,10H2,1-3H3,(H,17,19). The van der Waals surface area contributed by atoms with E-state index in [0.717, 1.165) is 16.5 Å². The van der Waals surface area contributed by atoms with Crippen molar-refractivity contribution in [1.29, 1.82) is 0 Å². The summed E-state index contributed by atoms with van der Waals surface area (Å²) in [5.74, 6) is 0. The summed E-state index contributed by atoms with van der Waals surface area (Å²) in [4.78, 5) is 17.9. The van der Waals surface area contributed by atoms with Crippen LogP contribution in [0.1, 0.15) is 19.4 Å². The normalized spacial score (nSPS) is 10.7. The number of fused-ring (bicyclic) bond motifs is 1. The highest BCUT2D eigenvalue weighted by Crippen LogP contribution is 2.13. The number of pyridine rings is 1. The molecule has 0 radical (unpaired) electrons. The number of urea groups is 1. The Hall–Kier alpha value is -2.10. The second-order valence-electron chi connectivity index (χ2n) is 5.00. The number of para-hydroxylation sites is 1. The van der Waals surface area contributed by atoms with Crippen molar-refractivity contribution in [3.8, 4) is 0 Å². The average Bonchev–Trinajstić information content (AvgIpc) is 2.37. The average molecular weight is 257 g/mol. The third-order valence-electron chi connectivity index (χ3n) is 2.83. The van der Waals surface area contributed by atoms with Gasteiger partial charge in [0.2, 0.25) is 0 Å². The van der Waals surface area contributed by atoms with Crippen LogP contribution in [0.5, 0.6) is 0 Å². The maximum Gasteiger partial charge on any atom is 0.317 e. The first-order valence-corrected chi connectivity index (χ1v) is 6.41. The smallest absolute Gasteiger partial charge is 0.317 e. The van der Waals surface area contributed by atoms with Gasteiger partial charge in [-0.25, -0.2) is 4.79 Å². The van der Waals surface area contributed by atoms with Crippen molar-refractivity contribution in [3.63, 3.8) is 0 Å². The van der Waals surface area contributed by atoms with Crippen LogP contribution in [0, 0.1) is 0 Å². The topological polar surface area (TPSA) is 45.2 Å². The number of nitrogens with one attached hydrogen (secondary N) is 1. The summed E-state index contributed by atoms with van der Waals surface area (Å²) in [5, 5.41) is 3.96. The van der Waals surface area contributed by atoms with E-state index in [9.17, 15) is 4.79 Å². The summed E-state index contributed by atoms with van der Waals surface area (Å²) in [5.41, 5.74) is 2.00. The highest BCUT2D eigenvalue weighted by Gasteiger charge is 2.10. The quantitative estimate of drug-likeness (QED) is 0.919. The number of hydrogen-bond donors (Lipinski definition) is 1. The highest BCUT2D eigenvalue weighted by molar-refractivity contribution is 5.79. The van der Waals surface area contributed by atoms with Gasteiger partial charge in [-0.1, -0.05) is 18.2 Å². The molecule has 1 aromatic carbocycles. The first kappa shape index (κ1) is 13.3. The molecule has 2 amide bonds. The van der Waals surface area contributed by atoms with Crippen LogP contribution in [-0.2, 0) is 6.54 Å². The third kappa shape index (κ3) is 3.44. The molecule has 0 unspecified atom stereocenters. The molecule has 1 N–H and O–H groups in total. The number of aromatic nitrogens is 1. The SMILES string of the molecule is CC(C)NC(=O)N(C)Cc1cnc2ccccc2c1. The number of carbonyl (C=O) groups is 1. The minimum absolute atomic E-state index is 0.0665. The van der Waals surface area contributed by atoms with E-state index in [1.165, 1.54) is 0 Å². The van der Waals surface area contributed by atoms with Crippen LogP contribution in [0.15, 0.2) is 36.5 Å². The number of amides is 2. The van der Waals surface area contributed by atoms with Crippen molar-refractivity contribution >= 4 is 16.9 Å². The van der Waals surface area contributed by atoms with Crippen LogP contribution >= 0.6 is 0 Å². The lowest BCUT2D eigenvalue weighted by atomic mass is 10.1. The fourth-order valence-corrected chi connectivity index (χ4v) is 1.91. The van der Waals surface area contributed by atoms with Crippen molar-refractivity contribution in [1.82, 2.24) is 15.2 Å². The lowest BCUT2D eigenvalue weighted by Gasteiger charge is -2.19. The van der Waals surface area contributed by atoms with Gasteiger partial charge in [0.05, 0.1) is 5.52 Å². The Morgan fingerprint density at radius 3 is 2.84 bits per heavy atom. The summed E-state index contributed by atoms with van der Waals surface area (Å²) in [6.45, 7) is 4.45. The van der Waals surface area contributed by atoms with Crippen LogP contribution in [-0.4, -0.2) is 29.0 Å². The van der Waals surface area contributed by atoms with Crippen molar-refractivity contribution in [2.75, 3.05) is 7.05 Å². The van der Waals surface area contributed by atoms with Crippen molar-refractivity contribution in [2.24, 2.45) is 0 Å². The Bertz CT molecular complexity index is 580. The Balaban J connectivity index is 2.10. The minimum atomic E-state index is -0.0665. The number of carbonyl (C=O) groups excluding carboxylic acids is 1. The van der Waals surface area contributed by atoms with E-state index < -0.39 is 0 Å². The molecule has 19 heavy (non-hydrogen) atoms. The van der Waals surface area contributed by atoms with E-state index in [-0.39, 0.29) is 12.1 Å². The molecule has 0 aliphatic heterocycles. The van der Waals surface area contributed by atoms with Gasteiger partial charge in [0.25, 0.3) is 0 Å². The maximum absolute atomic E-state index is 11.8. The molecule has 4 nitrogen and oxygen atoms in total. The molecule has 2 rings (SSSR count). The zero-order chi connectivity index (χ0) is 13.8. The van der Waals surface area contributed by atoms with E-state index in [2.05, 4.69) is 16.4 Å². The molecule has 100 valence electrons. The number of benzene rings is 1. The lowest BCUT2D eigenvalue weighted by Crippen LogP contribution is -2.40. The van der Waals surface area contributed by atoms with Crippen LogP contribution in [0.25, 0.3) is 10.9 Å². The molecule has 0 aliphatic rings. The summed E-state index contributed by atoms with van der Waals surface area (Å²) >= 11 is 0. The molecule has 0 aliphatic carbocycles. The maximum atomic E-state index is 11.8. The molecule has 0 saturated heterocycles. The van der Waals surface area contributed by atoms with Gasteiger partial charge in [0.15, 0.2) is 0 Å². The van der Waals surface area contributed by atoms with E-state index in [1.807, 2.05) is 44.3 Å². The third-order valence-corrected chi connectivity index (χ3v) is 2.83. The van der Waals surface area contributed by atoms with Gasteiger partial charge >= 0.3 is 6.03 Å². The van der Waals surface area contributed by atoms with Crippen LogP contribution in [0.2, 0.25) is 0 Å². The molecule has 0 spiro atoms. The minimum Gasteiger partial charge on any atom is -0.336 e. The van der Waals surface area contributed by atoms with Gasteiger partial charge in [-0.2, -0.15) is 0 Å².